The number of nitro benzene ring substituents is 1. The van der Waals surface area contributed by atoms with Gasteiger partial charge < -0.3 is 20.1 Å². The highest BCUT2D eigenvalue weighted by molar-refractivity contribution is 5.80. The van der Waals surface area contributed by atoms with E-state index in [1.165, 1.54) is 6.07 Å². The summed E-state index contributed by atoms with van der Waals surface area (Å²) in [6.45, 7) is 5.80. The summed E-state index contributed by atoms with van der Waals surface area (Å²) in [7, 11) is 3.31. The first kappa shape index (κ1) is 23.3. The first-order chi connectivity index (χ1) is 15.5. The van der Waals surface area contributed by atoms with Gasteiger partial charge in [-0.3, -0.25) is 15.0 Å². The van der Waals surface area contributed by atoms with Gasteiger partial charge in [0.05, 0.1) is 25.7 Å². The summed E-state index contributed by atoms with van der Waals surface area (Å²) < 4.78 is 10.7. The number of nitro groups is 1. The number of aliphatic imine (C=N–C) groups is 1. The van der Waals surface area contributed by atoms with Gasteiger partial charge in [-0.1, -0.05) is 12.1 Å². The summed E-state index contributed by atoms with van der Waals surface area (Å²) >= 11 is 0. The zero-order chi connectivity index (χ0) is 22.9. The minimum absolute atomic E-state index is 0.0799. The number of rotatable bonds is 9. The zero-order valence-corrected chi connectivity index (χ0v) is 18.8. The molecule has 2 aromatic rings. The molecule has 0 amide bonds. The Kier molecular flexibility index (Phi) is 8.27. The largest absolute Gasteiger partial charge is 0.497 e. The Bertz CT molecular complexity index is 927. The van der Waals surface area contributed by atoms with Crippen LogP contribution in [0.4, 0.5) is 5.69 Å². The number of hydrogen-bond donors (Lipinski definition) is 2. The van der Waals surface area contributed by atoms with Crippen molar-refractivity contribution in [1.82, 2.24) is 15.5 Å². The molecule has 1 unspecified atom stereocenters. The molecule has 9 nitrogen and oxygen atoms in total. The first-order valence-corrected chi connectivity index (χ1v) is 10.7. The van der Waals surface area contributed by atoms with Gasteiger partial charge >= 0.3 is 0 Å². The van der Waals surface area contributed by atoms with Crippen LogP contribution in [-0.2, 0) is 13.1 Å². The second kappa shape index (κ2) is 11.3. The van der Waals surface area contributed by atoms with E-state index >= 15 is 0 Å². The summed E-state index contributed by atoms with van der Waals surface area (Å²) in [5, 5.41) is 17.7. The van der Waals surface area contributed by atoms with E-state index in [2.05, 4.69) is 20.5 Å². The van der Waals surface area contributed by atoms with Gasteiger partial charge in [-0.25, -0.2) is 4.99 Å². The standard InChI is InChI=1S/C23H31N5O4/c1-4-24-23(25-14-17-6-5-7-20(10-17)28(29)30)26-19-8-9-27(16-19)15-18-11-21(31-2)13-22(12-18)32-3/h5-7,10-13,19H,4,8-9,14-16H2,1-3H3,(H2,24,25,26). The Morgan fingerprint density at radius 3 is 2.59 bits per heavy atom. The van der Waals surface area contributed by atoms with Gasteiger partial charge in [0.1, 0.15) is 11.5 Å². The van der Waals surface area contributed by atoms with E-state index < -0.39 is 0 Å². The Hall–Kier alpha value is -3.33. The van der Waals surface area contributed by atoms with Gasteiger partial charge in [-0.2, -0.15) is 0 Å². The number of nitrogens with one attached hydrogen (secondary N) is 2. The molecule has 1 aliphatic rings. The molecule has 0 bridgehead atoms. The number of non-ortho nitro benzene ring substituents is 1. The number of nitrogens with zero attached hydrogens (tertiary/aromatic N) is 3. The van der Waals surface area contributed by atoms with Gasteiger partial charge in [-0.05, 0) is 36.6 Å². The van der Waals surface area contributed by atoms with E-state index in [4.69, 9.17) is 9.47 Å². The van der Waals surface area contributed by atoms with Crippen LogP contribution < -0.4 is 20.1 Å². The summed E-state index contributed by atoms with van der Waals surface area (Å²) in [6, 6.07) is 12.8. The maximum Gasteiger partial charge on any atom is 0.269 e. The zero-order valence-electron chi connectivity index (χ0n) is 18.8. The molecule has 1 saturated heterocycles. The maximum atomic E-state index is 11.0. The van der Waals surface area contributed by atoms with Gasteiger partial charge in [0.2, 0.25) is 0 Å². The monoisotopic (exact) mass is 441 g/mol. The van der Waals surface area contributed by atoms with Crippen LogP contribution >= 0.6 is 0 Å². The number of benzene rings is 2. The highest BCUT2D eigenvalue weighted by Gasteiger charge is 2.23. The van der Waals surface area contributed by atoms with E-state index in [1.54, 1.807) is 26.4 Å². The number of ether oxygens (including phenoxy) is 2. The van der Waals surface area contributed by atoms with Crippen molar-refractivity contribution in [2.75, 3.05) is 33.9 Å². The number of guanidine groups is 1. The minimum atomic E-state index is -0.387. The van der Waals surface area contributed by atoms with E-state index in [9.17, 15) is 10.1 Å². The van der Waals surface area contributed by atoms with Gasteiger partial charge in [-0.15, -0.1) is 0 Å². The third-order valence-corrected chi connectivity index (χ3v) is 5.32. The van der Waals surface area contributed by atoms with E-state index in [0.29, 0.717) is 12.5 Å². The Balaban J connectivity index is 1.59. The topological polar surface area (TPSA) is 101 Å². The third-order valence-electron chi connectivity index (χ3n) is 5.32. The predicted octanol–water partition coefficient (Wildman–Crippen LogP) is 2.94. The van der Waals surface area contributed by atoms with Crippen molar-refractivity contribution >= 4 is 11.6 Å². The van der Waals surface area contributed by atoms with E-state index in [-0.39, 0.29) is 16.7 Å². The van der Waals surface area contributed by atoms with E-state index in [0.717, 1.165) is 55.2 Å². The van der Waals surface area contributed by atoms with Gasteiger partial charge in [0.25, 0.3) is 5.69 Å². The Labute approximate surface area is 188 Å². The molecule has 0 radical (unpaired) electrons. The lowest BCUT2D eigenvalue weighted by atomic mass is 10.2. The SMILES string of the molecule is CCNC(=NCc1cccc([N+](=O)[O-])c1)NC1CCN(Cc2cc(OC)cc(OC)c2)C1. The first-order valence-electron chi connectivity index (χ1n) is 10.7. The lowest BCUT2D eigenvalue weighted by Crippen LogP contribution is -2.44. The fourth-order valence-electron chi connectivity index (χ4n) is 3.76. The summed E-state index contributed by atoms with van der Waals surface area (Å²) in [6.07, 6.45) is 1.00. The second-order valence-corrected chi connectivity index (χ2v) is 7.71. The summed E-state index contributed by atoms with van der Waals surface area (Å²) in [4.78, 5) is 17.6. The van der Waals surface area contributed by atoms with Crippen molar-refractivity contribution in [2.45, 2.75) is 32.5 Å². The molecule has 1 atom stereocenters. The molecule has 1 aliphatic heterocycles. The normalized spacial score (nSPS) is 16.6. The molecular weight excluding hydrogens is 410 g/mol. The van der Waals surface area contributed by atoms with Crippen molar-refractivity contribution < 1.29 is 14.4 Å². The Morgan fingerprint density at radius 2 is 1.94 bits per heavy atom. The smallest absolute Gasteiger partial charge is 0.269 e. The van der Waals surface area contributed by atoms with Crippen LogP contribution in [0.2, 0.25) is 0 Å². The predicted molar refractivity (Wildman–Crippen MR) is 124 cm³/mol. The molecule has 32 heavy (non-hydrogen) atoms. The lowest BCUT2D eigenvalue weighted by Gasteiger charge is -2.19. The fourth-order valence-corrected chi connectivity index (χ4v) is 3.76. The number of likely N-dealkylation sites (tertiary alicyclic amines) is 1. The molecule has 0 aromatic heterocycles. The molecule has 0 saturated carbocycles. The van der Waals surface area contributed by atoms with Crippen molar-refractivity contribution in [1.29, 1.82) is 0 Å². The van der Waals surface area contributed by atoms with Crippen LogP contribution in [0.3, 0.4) is 0 Å². The summed E-state index contributed by atoms with van der Waals surface area (Å²) in [5.74, 6) is 2.29. The van der Waals surface area contributed by atoms with Crippen molar-refractivity contribution in [3.8, 4) is 11.5 Å². The van der Waals surface area contributed by atoms with Crippen LogP contribution in [0.5, 0.6) is 11.5 Å². The molecule has 2 aromatic carbocycles. The minimum Gasteiger partial charge on any atom is -0.497 e. The van der Waals surface area contributed by atoms with Crippen LogP contribution in [0, 0.1) is 10.1 Å². The van der Waals surface area contributed by atoms with E-state index in [1.807, 2.05) is 31.2 Å². The molecule has 9 heteroatoms. The molecule has 172 valence electrons. The number of methoxy groups -OCH3 is 2. The molecule has 0 aliphatic carbocycles. The molecular formula is C23H31N5O4. The van der Waals surface area contributed by atoms with Gasteiger partial charge in [0.15, 0.2) is 5.96 Å². The third kappa shape index (κ3) is 6.58. The van der Waals surface area contributed by atoms with Crippen LogP contribution in [0.25, 0.3) is 0 Å². The lowest BCUT2D eigenvalue weighted by molar-refractivity contribution is -0.384. The average molecular weight is 442 g/mol. The van der Waals surface area contributed by atoms with Crippen LogP contribution in [0.15, 0.2) is 47.5 Å². The molecule has 2 N–H and O–H groups in total. The maximum absolute atomic E-state index is 11.0. The number of hydrogen-bond acceptors (Lipinski definition) is 6. The summed E-state index contributed by atoms with van der Waals surface area (Å²) in [5.41, 5.74) is 2.03. The second-order valence-electron chi connectivity index (χ2n) is 7.71. The van der Waals surface area contributed by atoms with Crippen LogP contribution in [0.1, 0.15) is 24.5 Å². The van der Waals surface area contributed by atoms with Crippen molar-refractivity contribution in [3.05, 3.63) is 63.7 Å². The molecule has 0 spiro atoms. The highest BCUT2D eigenvalue weighted by atomic mass is 16.6. The highest BCUT2D eigenvalue weighted by Crippen LogP contribution is 2.24. The van der Waals surface area contributed by atoms with Gasteiger partial charge in [0, 0.05) is 50.4 Å². The quantitative estimate of drug-likeness (QED) is 0.267. The van der Waals surface area contributed by atoms with Crippen molar-refractivity contribution in [2.24, 2.45) is 4.99 Å². The fraction of sp³-hybridized carbons (Fsp3) is 0.435. The molecule has 3 rings (SSSR count). The molecule has 1 fully saturated rings. The van der Waals surface area contributed by atoms with Crippen LogP contribution in [-0.4, -0.2) is 55.7 Å². The Morgan fingerprint density at radius 1 is 1.19 bits per heavy atom. The molecule has 1 heterocycles. The van der Waals surface area contributed by atoms with Crippen molar-refractivity contribution in [3.63, 3.8) is 0 Å². The average Bonchev–Trinajstić information content (AvgIpc) is 3.24.